The van der Waals surface area contributed by atoms with Crippen molar-refractivity contribution in [3.63, 3.8) is 0 Å². The summed E-state index contributed by atoms with van der Waals surface area (Å²) in [5, 5.41) is 2.51. The van der Waals surface area contributed by atoms with Gasteiger partial charge in [0.15, 0.2) is 11.6 Å². The number of nitrogens with zero attached hydrogens (tertiary/aromatic N) is 2. The Morgan fingerprint density at radius 1 is 0.667 bits per heavy atom. The molecule has 0 spiro atoms. The van der Waals surface area contributed by atoms with Crippen molar-refractivity contribution < 1.29 is 18.4 Å². The van der Waals surface area contributed by atoms with Crippen LogP contribution < -0.4 is 10.0 Å². The number of halogens is 4. The van der Waals surface area contributed by atoms with Gasteiger partial charge >= 0.3 is 0 Å². The molecular weight excluding hydrogens is 522 g/mol. The normalized spacial score (nSPS) is 13.9. The Morgan fingerprint density at radius 3 is 1.57 bits per heavy atom. The van der Waals surface area contributed by atoms with Gasteiger partial charge in [0, 0.05) is 8.95 Å². The second-order valence-electron chi connectivity index (χ2n) is 6.42. The molecule has 1 fully saturated rings. The highest BCUT2D eigenvalue weighted by molar-refractivity contribution is 9.10. The van der Waals surface area contributed by atoms with Gasteiger partial charge in [-0.2, -0.15) is 0 Å². The van der Waals surface area contributed by atoms with Crippen molar-refractivity contribution in [1.82, 2.24) is 0 Å². The number of hydrazine groups is 1. The van der Waals surface area contributed by atoms with Crippen LogP contribution in [0.4, 0.5) is 20.2 Å². The molecule has 1 heterocycles. The monoisotopic (exact) mass is 532 g/mol. The highest BCUT2D eigenvalue weighted by atomic mass is 79.9. The van der Waals surface area contributed by atoms with E-state index >= 15 is 0 Å². The summed E-state index contributed by atoms with van der Waals surface area (Å²) < 4.78 is 28.5. The molecule has 0 unspecified atom stereocenters. The molecule has 3 aromatic carbocycles. The number of carbonyl (C=O) groups is 2. The average molecular weight is 534 g/mol. The molecule has 0 aliphatic carbocycles. The summed E-state index contributed by atoms with van der Waals surface area (Å²) in [5.74, 6) is -3.21. The molecule has 1 saturated heterocycles. The lowest BCUT2D eigenvalue weighted by Gasteiger charge is -2.27. The predicted molar refractivity (Wildman–Crippen MR) is 118 cm³/mol. The van der Waals surface area contributed by atoms with Crippen LogP contribution in [-0.2, 0) is 9.59 Å². The molecule has 1 aliphatic rings. The number of hydrogen-bond acceptors (Lipinski definition) is 2. The molecular formula is C22H12Br2F2N2O2. The van der Waals surface area contributed by atoms with Gasteiger partial charge in [0.1, 0.15) is 5.57 Å². The van der Waals surface area contributed by atoms with Crippen LogP contribution in [0, 0.1) is 11.6 Å². The fraction of sp³-hybridized carbons (Fsp3) is 0. The van der Waals surface area contributed by atoms with Crippen LogP contribution in [-0.4, -0.2) is 11.8 Å². The summed E-state index contributed by atoms with van der Waals surface area (Å²) >= 11 is 6.70. The summed E-state index contributed by atoms with van der Waals surface area (Å²) in [7, 11) is 0. The lowest BCUT2D eigenvalue weighted by Crippen LogP contribution is -2.41. The minimum absolute atomic E-state index is 0.160. The van der Waals surface area contributed by atoms with Crippen LogP contribution in [0.15, 0.2) is 81.2 Å². The van der Waals surface area contributed by atoms with E-state index in [1.807, 2.05) is 0 Å². The van der Waals surface area contributed by atoms with Crippen LogP contribution >= 0.6 is 31.9 Å². The molecule has 0 atom stereocenters. The lowest BCUT2D eigenvalue weighted by atomic mass is 10.1. The van der Waals surface area contributed by atoms with Gasteiger partial charge in [0.05, 0.1) is 11.4 Å². The minimum atomic E-state index is -1.06. The van der Waals surface area contributed by atoms with Crippen molar-refractivity contribution >= 4 is 61.1 Å². The molecule has 0 radical (unpaired) electrons. The maximum Gasteiger partial charge on any atom is 0.283 e. The van der Waals surface area contributed by atoms with E-state index in [1.54, 1.807) is 48.5 Å². The van der Waals surface area contributed by atoms with Crippen molar-refractivity contribution in [2.45, 2.75) is 0 Å². The van der Waals surface area contributed by atoms with E-state index in [1.165, 1.54) is 22.2 Å². The molecule has 0 bridgehead atoms. The molecule has 0 N–H and O–H groups in total. The maximum absolute atomic E-state index is 13.6. The lowest BCUT2D eigenvalue weighted by molar-refractivity contribution is -0.116. The second kappa shape index (κ2) is 8.12. The molecule has 30 heavy (non-hydrogen) atoms. The number of rotatable bonds is 3. The fourth-order valence-corrected chi connectivity index (χ4v) is 3.55. The Labute approximate surface area is 187 Å². The van der Waals surface area contributed by atoms with Crippen molar-refractivity contribution in [2.24, 2.45) is 0 Å². The first-order chi connectivity index (χ1) is 14.3. The molecule has 0 aromatic heterocycles. The topological polar surface area (TPSA) is 40.6 Å². The van der Waals surface area contributed by atoms with Crippen LogP contribution in [0.1, 0.15) is 5.56 Å². The van der Waals surface area contributed by atoms with Gasteiger partial charge in [-0.05, 0) is 72.3 Å². The Kier molecular flexibility index (Phi) is 5.53. The third kappa shape index (κ3) is 3.80. The van der Waals surface area contributed by atoms with Crippen LogP contribution in [0.2, 0.25) is 0 Å². The SMILES string of the molecule is O=C1C(=Cc2ccc(F)c(F)c2)C(=O)N(c2ccc(Br)cc2)N1c1ccc(Br)cc1. The first kappa shape index (κ1) is 20.4. The number of amides is 2. The first-order valence-corrected chi connectivity index (χ1v) is 10.3. The number of hydrogen-bond donors (Lipinski definition) is 0. The smallest absolute Gasteiger partial charge is 0.267 e. The van der Waals surface area contributed by atoms with E-state index in [-0.39, 0.29) is 11.1 Å². The van der Waals surface area contributed by atoms with Gasteiger partial charge in [-0.15, -0.1) is 0 Å². The standard InChI is InChI=1S/C22H12Br2F2N2O2/c23-14-2-6-16(7-3-14)27-21(29)18(11-13-1-10-19(25)20(26)12-13)22(30)28(27)17-8-4-15(24)5-9-17/h1-12H. The molecule has 2 amide bonds. The maximum atomic E-state index is 13.6. The Bertz CT molecular complexity index is 1110. The van der Waals surface area contributed by atoms with Crippen molar-refractivity contribution in [3.05, 3.63) is 98.4 Å². The van der Waals surface area contributed by atoms with E-state index in [4.69, 9.17) is 0 Å². The Balaban J connectivity index is 1.83. The van der Waals surface area contributed by atoms with E-state index in [2.05, 4.69) is 31.9 Å². The summed E-state index contributed by atoms with van der Waals surface area (Å²) in [6.07, 6.45) is 1.26. The second-order valence-corrected chi connectivity index (χ2v) is 8.25. The quantitative estimate of drug-likeness (QED) is 0.312. The highest BCUT2D eigenvalue weighted by Crippen LogP contribution is 2.33. The molecule has 150 valence electrons. The number of benzene rings is 3. The molecule has 4 nitrogen and oxygen atoms in total. The molecule has 4 rings (SSSR count). The summed E-state index contributed by atoms with van der Waals surface area (Å²) in [6, 6.07) is 17.0. The zero-order chi connectivity index (χ0) is 21.4. The van der Waals surface area contributed by atoms with E-state index < -0.39 is 23.4 Å². The predicted octanol–water partition coefficient (Wildman–Crippen LogP) is 5.87. The largest absolute Gasteiger partial charge is 0.283 e. The summed E-state index contributed by atoms with van der Waals surface area (Å²) in [5.41, 5.74) is 1.01. The van der Waals surface area contributed by atoms with Gasteiger partial charge in [0.2, 0.25) is 0 Å². The molecule has 8 heteroatoms. The van der Waals surface area contributed by atoms with Crippen molar-refractivity contribution in [1.29, 1.82) is 0 Å². The van der Waals surface area contributed by atoms with Gasteiger partial charge in [0.25, 0.3) is 11.8 Å². The van der Waals surface area contributed by atoms with Gasteiger partial charge in [-0.3, -0.25) is 9.59 Å². The Hall–Kier alpha value is -2.84. The van der Waals surface area contributed by atoms with Crippen molar-refractivity contribution in [2.75, 3.05) is 10.0 Å². The molecule has 0 saturated carbocycles. The molecule has 1 aliphatic heterocycles. The fourth-order valence-electron chi connectivity index (χ4n) is 3.02. The molecule has 3 aromatic rings. The number of anilines is 2. The third-order valence-corrected chi connectivity index (χ3v) is 5.50. The zero-order valence-electron chi connectivity index (χ0n) is 15.2. The third-order valence-electron chi connectivity index (χ3n) is 4.44. The van der Waals surface area contributed by atoms with Crippen molar-refractivity contribution in [3.8, 4) is 0 Å². The van der Waals surface area contributed by atoms with Crippen LogP contribution in [0.3, 0.4) is 0 Å². The van der Waals surface area contributed by atoms with Gasteiger partial charge in [-0.1, -0.05) is 37.9 Å². The number of carbonyl (C=O) groups excluding carboxylic acids is 2. The van der Waals surface area contributed by atoms with E-state index in [0.717, 1.165) is 21.1 Å². The van der Waals surface area contributed by atoms with Gasteiger partial charge in [-0.25, -0.2) is 18.8 Å². The summed E-state index contributed by atoms with van der Waals surface area (Å²) in [6.45, 7) is 0. The Morgan fingerprint density at radius 2 is 1.13 bits per heavy atom. The van der Waals surface area contributed by atoms with E-state index in [0.29, 0.717) is 11.4 Å². The first-order valence-electron chi connectivity index (χ1n) is 8.72. The van der Waals surface area contributed by atoms with Gasteiger partial charge < -0.3 is 0 Å². The minimum Gasteiger partial charge on any atom is -0.267 e. The zero-order valence-corrected chi connectivity index (χ0v) is 18.3. The van der Waals surface area contributed by atoms with Crippen LogP contribution in [0.5, 0.6) is 0 Å². The van der Waals surface area contributed by atoms with E-state index in [9.17, 15) is 18.4 Å². The summed E-state index contributed by atoms with van der Waals surface area (Å²) in [4.78, 5) is 26.4. The average Bonchev–Trinajstić information content (AvgIpc) is 2.97. The highest BCUT2D eigenvalue weighted by Gasteiger charge is 2.42. The van der Waals surface area contributed by atoms with Crippen LogP contribution in [0.25, 0.3) is 6.08 Å².